The van der Waals surface area contributed by atoms with Gasteiger partial charge in [-0.05, 0) is 13.3 Å². The van der Waals surface area contributed by atoms with Crippen LogP contribution in [0.2, 0.25) is 0 Å². The van der Waals surface area contributed by atoms with E-state index in [-0.39, 0.29) is 0 Å². The molecule has 0 saturated carbocycles. The standard InChI is InChI=1S/C6H15NO/c1-4-5-6(2)8-7-3/h6-7H,4-5H2,1-3H3. The Kier molecular flexibility index (Phi) is 5.01. The zero-order valence-electron chi connectivity index (χ0n) is 5.90. The second-order valence-corrected chi connectivity index (χ2v) is 1.92. The summed E-state index contributed by atoms with van der Waals surface area (Å²) in [5.74, 6) is 0. The summed E-state index contributed by atoms with van der Waals surface area (Å²) in [5, 5.41) is 0. The summed E-state index contributed by atoms with van der Waals surface area (Å²) in [6.45, 7) is 4.20. The van der Waals surface area contributed by atoms with E-state index in [9.17, 15) is 0 Å². The van der Waals surface area contributed by atoms with Crippen molar-refractivity contribution < 1.29 is 4.84 Å². The predicted octanol–water partition coefficient (Wildman–Crippen LogP) is 1.33. The van der Waals surface area contributed by atoms with Gasteiger partial charge in [-0.2, -0.15) is 0 Å². The zero-order chi connectivity index (χ0) is 6.41. The van der Waals surface area contributed by atoms with Crippen LogP contribution < -0.4 is 5.48 Å². The van der Waals surface area contributed by atoms with E-state index in [2.05, 4.69) is 19.3 Å². The SMILES string of the molecule is CCCC(C)ONC. The molecule has 1 N–H and O–H groups in total. The molecule has 2 heteroatoms. The van der Waals surface area contributed by atoms with Gasteiger partial charge in [0.15, 0.2) is 0 Å². The van der Waals surface area contributed by atoms with Gasteiger partial charge in [0.05, 0.1) is 6.10 Å². The molecule has 0 spiro atoms. The molecule has 0 aromatic rings. The van der Waals surface area contributed by atoms with E-state index in [4.69, 9.17) is 4.84 Å². The van der Waals surface area contributed by atoms with Crippen molar-refractivity contribution in [3.8, 4) is 0 Å². The lowest BCUT2D eigenvalue weighted by Gasteiger charge is -2.07. The van der Waals surface area contributed by atoms with Gasteiger partial charge in [0.25, 0.3) is 0 Å². The van der Waals surface area contributed by atoms with Gasteiger partial charge in [-0.1, -0.05) is 13.3 Å². The highest BCUT2D eigenvalue weighted by Gasteiger charge is 1.95. The van der Waals surface area contributed by atoms with Crippen LogP contribution in [0.4, 0.5) is 0 Å². The largest absolute Gasteiger partial charge is 0.299 e. The van der Waals surface area contributed by atoms with E-state index in [1.807, 2.05) is 0 Å². The second-order valence-electron chi connectivity index (χ2n) is 1.92. The average Bonchev–Trinajstić information content (AvgIpc) is 1.68. The Balaban J connectivity index is 2.92. The normalized spacial score (nSPS) is 13.9. The van der Waals surface area contributed by atoms with E-state index in [0.717, 1.165) is 6.42 Å². The Bertz CT molecular complexity index is 41.8. The van der Waals surface area contributed by atoms with Crippen LogP contribution in [0.25, 0.3) is 0 Å². The topological polar surface area (TPSA) is 21.3 Å². The Morgan fingerprint density at radius 1 is 1.62 bits per heavy atom. The van der Waals surface area contributed by atoms with Crippen LogP contribution in [-0.2, 0) is 4.84 Å². The molecule has 8 heavy (non-hydrogen) atoms. The van der Waals surface area contributed by atoms with E-state index < -0.39 is 0 Å². The fourth-order valence-corrected chi connectivity index (χ4v) is 0.667. The Labute approximate surface area is 51.2 Å². The first-order valence-corrected chi connectivity index (χ1v) is 3.13. The average molecular weight is 117 g/mol. The molecule has 1 unspecified atom stereocenters. The molecule has 0 aliphatic carbocycles. The summed E-state index contributed by atoms with van der Waals surface area (Å²) >= 11 is 0. The molecule has 0 radical (unpaired) electrons. The van der Waals surface area contributed by atoms with Crippen LogP contribution in [0.5, 0.6) is 0 Å². The summed E-state index contributed by atoms with van der Waals surface area (Å²) in [5.41, 5.74) is 2.65. The van der Waals surface area contributed by atoms with E-state index in [0.29, 0.717) is 6.10 Å². The summed E-state index contributed by atoms with van der Waals surface area (Å²) in [6.07, 6.45) is 2.66. The van der Waals surface area contributed by atoms with Crippen molar-refractivity contribution >= 4 is 0 Å². The fraction of sp³-hybridized carbons (Fsp3) is 1.00. The zero-order valence-corrected chi connectivity index (χ0v) is 5.90. The van der Waals surface area contributed by atoms with Gasteiger partial charge >= 0.3 is 0 Å². The quantitative estimate of drug-likeness (QED) is 0.561. The fourth-order valence-electron chi connectivity index (χ4n) is 0.667. The minimum Gasteiger partial charge on any atom is -0.299 e. The molecule has 0 saturated heterocycles. The molecule has 0 amide bonds. The monoisotopic (exact) mass is 117 g/mol. The molecular formula is C6H15NO. The molecule has 0 bridgehead atoms. The summed E-state index contributed by atoms with van der Waals surface area (Å²) in [7, 11) is 1.78. The van der Waals surface area contributed by atoms with E-state index in [1.54, 1.807) is 7.05 Å². The van der Waals surface area contributed by atoms with Crippen LogP contribution in [-0.4, -0.2) is 13.2 Å². The highest BCUT2D eigenvalue weighted by molar-refractivity contribution is 4.44. The third-order valence-electron chi connectivity index (χ3n) is 1.01. The Hall–Kier alpha value is -0.0800. The molecule has 50 valence electrons. The van der Waals surface area contributed by atoms with E-state index >= 15 is 0 Å². The minimum atomic E-state index is 0.352. The summed E-state index contributed by atoms with van der Waals surface area (Å²) in [6, 6.07) is 0. The highest BCUT2D eigenvalue weighted by atomic mass is 16.7. The first-order valence-electron chi connectivity index (χ1n) is 3.13. The number of hydrogen-bond acceptors (Lipinski definition) is 2. The predicted molar refractivity (Wildman–Crippen MR) is 34.5 cm³/mol. The van der Waals surface area contributed by atoms with E-state index in [1.165, 1.54) is 6.42 Å². The summed E-state index contributed by atoms with van der Waals surface area (Å²) in [4.78, 5) is 5.03. The van der Waals surface area contributed by atoms with Crippen LogP contribution in [0, 0.1) is 0 Å². The van der Waals surface area contributed by atoms with Crippen molar-refractivity contribution in [2.24, 2.45) is 0 Å². The van der Waals surface area contributed by atoms with Gasteiger partial charge < -0.3 is 0 Å². The lowest BCUT2D eigenvalue weighted by Crippen LogP contribution is -2.16. The van der Waals surface area contributed by atoms with Gasteiger partial charge in [-0.25, -0.2) is 5.48 Å². The molecular weight excluding hydrogens is 102 g/mol. The van der Waals surface area contributed by atoms with Crippen LogP contribution in [0.1, 0.15) is 26.7 Å². The highest BCUT2D eigenvalue weighted by Crippen LogP contribution is 1.96. The third kappa shape index (κ3) is 4.09. The molecule has 0 aromatic carbocycles. The lowest BCUT2D eigenvalue weighted by molar-refractivity contribution is -0.00566. The van der Waals surface area contributed by atoms with Gasteiger partial charge in [-0.3, -0.25) is 4.84 Å². The molecule has 0 fully saturated rings. The van der Waals surface area contributed by atoms with Gasteiger partial charge in [0.2, 0.25) is 0 Å². The first-order chi connectivity index (χ1) is 3.81. The van der Waals surface area contributed by atoms with Gasteiger partial charge in [0, 0.05) is 7.05 Å². The molecule has 0 heterocycles. The maximum atomic E-state index is 5.03. The lowest BCUT2D eigenvalue weighted by atomic mass is 10.2. The Morgan fingerprint density at radius 2 is 2.25 bits per heavy atom. The van der Waals surface area contributed by atoms with Crippen LogP contribution >= 0.6 is 0 Å². The molecule has 0 aliphatic rings. The Morgan fingerprint density at radius 3 is 2.62 bits per heavy atom. The molecule has 1 atom stereocenters. The van der Waals surface area contributed by atoms with Crippen LogP contribution in [0.3, 0.4) is 0 Å². The number of rotatable bonds is 4. The van der Waals surface area contributed by atoms with Crippen LogP contribution in [0.15, 0.2) is 0 Å². The number of hydrogen-bond donors (Lipinski definition) is 1. The first kappa shape index (κ1) is 7.92. The smallest absolute Gasteiger partial charge is 0.0762 e. The molecule has 0 aromatic heterocycles. The maximum Gasteiger partial charge on any atom is 0.0762 e. The second kappa shape index (κ2) is 5.06. The van der Waals surface area contributed by atoms with Crippen molar-refractivity contribution in [3.63, 3.8) is 0 Å². The third-order valence-corrected chi connectivity index (χ3v) is 1.01. The number of nitrogens with one attached hydrogen (secondary N) is 1. The molecule has 0 aliphatic heterocycles. The van der Waals surface area contributed by atoms with Crippen molar-refractivity contribution in [2.45, 2.75) is 32.8 Å². The summed E-state index contributed by atoms with van der Waals surface area (Å²) < 4.78 is 0. The molecule has 2 nitrogen and oxygen atoms in total. The van der Waals surface area contributed by atoms with Crippen molar-refractivity contribution in [3.05, 3.63) is 0 Å². The van der Waals surface area contributed by atoms with Gasteiger partial charge in [-0.15, -0.1) is 0 Å². The van der Waals surface area contributed by atoms with Crippen molar-refractivity contribution in [1.29, 1.82) is 0 Å². The molecule has 0 rings (SSSR count). The minimum absolute atomic E-state index is 0.352. The van der Waals surface area contributed by atoms with Crippen molar-refractivity contribution in [1.82, 2.24) is 5.48 Å². The maximum absolute atomic E-state index is 5.03. The van der Waals surface area contributed by atoms with Crippen molar-refractivity contribution in [2.75, 3.05) is 7.05 Å². The number of hydroxylamine groups is 1. The van der Waals surface area contributed by atoms with Gasteiger partial charge in [0.1, 0.15) is 0 Å².